The van der Waals surface area contributed by atoms with Crippen molar-refractivity contribution in [2.24, 2.45) is 0 Å². The third-order valence-electron chi connectivity index (χ3n) is 5.75. The average molecular weight is 455 g/mol. The zero-order valence-corrected chi connectivity index (χ0v) is 19.1. The summed E-state index contributed by atoms with van der Waals surface area (Å²) in [5.41, 5.74) is 2.57. The lowest BCUT2D eigenvalue weighted by atomic mass is 9.83. The number of carbonyl (C=O) groups excluding carboxylic acids is 2. The maximum Gasteiger partial charge on any atom is 0.331 e. The van der Waals surface area contributed by atoms with Gasteiger partial charge in [-0.1, -0.05) is 49.1 Å². The van der Waals surface area contributed by atoms with Gasteiger partial charge in [-0.2, -0.15) is 10.4 Å². The van der Waals surface area contributed by atoms with E-state index in [-0.39, 0.29) is 0 Å². The van der Waals surface area contributed by atoms with Gasteiger partial charge in [-0.05, 0) is 44.4 Å². The SMILES string of the molecule is Cc1nn(Cc2ccccc2Cl)c(C)c1/C=C/C(=O)OCC(=O)NC1(C#N)CCCCC1. The highest BCUT2D eigenvalue weighted by atomic mass is 35.5. The zero-order chi connectivity index (χ0) is 23.1. The molecular weight excluding hydrogens is 428 g/mol. The number of benzene rings is 1. The Morgan fingerprint density at radius 1 is 1.28 bits per heavy atom. The lowest BCUT2D eigenvalue weighted by molar-refractivity contribution is -0.144. The second kappa shape index (κ2) is 10.5. The van der Waals surface area contributed by atoms with E-state index in [1.807, 2.05) is 42.8 Å². The number of nitrogens with zero attached hydrogens (tertiary/aromatic N) is 3. The van der Waals surface area contributed by atoms with Crippen molar-refractivity contribution in [3.8, 4) is 6.07 Å². The van der Waals surface area contributed by atoms with Gasteiger partial charge in [0.25, 0.3) is 5.91 Å². The molecule has 3 rings (SSSR count). The Morgan fingerprint density at radius 2 is 2.00 bits per heavy atom. The number of aryl methyl sites for hydroxylation is 1. The van der Waals surface area contributed by atoms with Crippen molar-refractivity contribution >= 4 is 29.6 Å². The van der Waals surface area contributed by atoms with Crippen LogP contribution < -0.4 is 5.32 Å². The van der Waals surface area contributed by atoms with E-state index in [4.69, 9.17) is 16.3 Å². The molecule has 168 valence electrons. The lowest BCUT2D eigenvalue weighted by Crippen LogP contribution is -2.49. The molecule has 1 amide bonds. The van der Waals surface area contributed by atoms with Crippen molar-refractivity contribution < 1.29 is 14.3 Å². The number of hydrogen-bond donors (Lipinski definition) is 1. The Bertz CT molecular complexity index is 1060. The van der Waals surface area contributed by atoms with Crippen LogP contribution in [0.5, 0.6) is 0 Å². The molecule has 1 N–H and O–H groups in total. The molecular formula is C24H27ClN4O3. The molecule has 0 bridgehead atoms. The Hall–Kier alpha value is -3.11. The van der Waals surface area contributed by atoms with Crippen molar-refractivity contribution in [1.82, 2.24) is 15.1 Å². The standard InChI is InChI=1S/C24H27ClN4O3/c1-17-20(18(2)29(28-17)14-19-8-4-5-9-21(19)25)10-11-23(31)32-15-22(30)27-24(16-26)12-6-3-7-13-24/h4-5,8-11H,3,6-7,12-15H2,1-2H3,(H,27,30)/b11-10+. The molecule has 0 spiro atoms. The average Bonchev–Trinajstić information content (AvgIpc) is 3.05. The van der Waals surface area contributed by atoms with Crippen molar-refractivity contribution in [2.45, 2.75) is 58.0 Å². The molecule has 1 aromatic carbocycles. The first kappa shape index (κ1) is 23.6. The number of amides is 1. The van der Waals surface area contributed by atoms with Crippen LogP contribution in [0.15, 0.2) is 30.3 Å². The van der Waals surface area contributed by atoms with Gasteiger partial charge in [0.2, 0.25) is 0 Å². The molecule has 0 radical (unpaired) electrons. The van der Waals surface area contributed by atoms with Crippen molar-refractivity contribution in [2.75, 3.05) is 6.61 Å². The second-order valence-corrected chi connectivity index (χ2v) is 8.48. The summed E-state index contributed by atoms with van der Waals surface area (Å²) in [6.45, 7) is 3.88. The summed E-state index contributed by atoms with van der Waals surface area (Å²) in [4.78, 5) is 24.3. The number of aromatic nitrogens is 2. The number of esters is 1. The highest BCUT2D eigenvalue weighted by molar-refractivity contribution is 6.31. The third kappa shape index (κ3) is 5.77. The molecule has 0 atom stereocenters. The molecule has 1 heterocycles. The molecule has 0 unspecified atom stereocenters. The van der Waals surface area contributed by atoms with Crippen LogP contribution in [0.2, 0.25) is 5.02 Å². The van der Waals surface area contributed by atoms with Crippen LogP contribution in [-0.2, 0) is 20.9 Å². The number of hydrogen-bond acceptors (Lipinski definition) is 5. The maximum atomic E-state index is 12.2. The molecule has 0 aliphatic heterocycles. The van der Waals surface area contributed by atoms with Crippen LogP contribution >= 0.6 is 11.6 Å². The number of carbonyl (C=O) groups is 2. The minimum Gasteiger partial charge on any atom is -0.452 e. The first-order chi connectivity index (χ1) is 15.3. The summed E-state index contributed by atoms with van der Waals surface area (Å²) < 4.78 is 6.90. The Balaban J connectivity index is 1.57. The fourth-order valence-electron chi connectivity index (χ4n) is 3.95. The number of nitrogens with one attached hydrogen (secondary N) is 1. The van der Waals surface area contributed by atoms with Gasteiger partial charge < -0.3 is 10.1 Å². The molecule has 1 saturated carbocycles. The van der Waals surface area contributed by atoms with E-state index in [0.717, 1.165) is 41.8 Å². The highest BCUT2D eigenvalue weighted by Crippen LogP contribution is 2.27. The smallest absolute Gasteiger partial charge is 0.331 e. The van der Waals surface area contributed by atoms with Crippen molar-refractivity contribution in [3.05, 3.63) is 57.9 Å². The van der Waals surface area contributed by atoms with E-state index in [9.17, 15) is 14.9 Å². The summed E-state index contributed by atoms with van der Waals surface area (Å²) in [7, 11) is 0. The van der Waals surface area contributed by atoms with Gasteiger partial charge >= 0.3 is 5.97 Å². The fraction of sp³-hybridized carbons (Fsp3) is 0.417. The van der Waals surface area contributed by atoms with Crippen LogP contribution in [0.25, 0.3) is 6.08 Å². The summed E-state index contributed by atoms with van der Waals surface area (Å²) in [6.07, 6.45) is 7.04. The molecule has 1 aliphatic rings. The Labute approximate surface area is 193 Å². The number of ether oxygens (including phenoxy) is 1. The number of nitriles is 1. The molecule has 1 fully saturated rings. The minimum atomic E-state index is -0.845. The monoisotopic (exact) mass is 454 g/mol. The topological polar surface area (TPSA) is 97.0 Å². The molecule has 0 saturated heterocycles. The van der Waals surface area contributed by atoms with Gasteiger partial charge in [0, 0.05) is 22.4 Å². The van der Waals surface area contributed by atoms with E-state index in [1.165, 1.54) is 6.08 Å². The largest absolute Gasteiger partial charge is 0.452 e. The van der Waals surface area contributed by atoms with Crippen molar-refractivity contribution in [3.63, 3.8) is 0 Å². The highest BCUT2D eigenvalue weighted by Gasteiger charge is 2.33. The van der Waals surface area contributed by atoms with Crippen molar-refractivity contribution in [1.29, 1.82) is 5.26 Å². The molecule has 32 heavy (non-hydrogen) atoms. The van der Waals surface area contributed by atoms with Gasteiger partial charge in [0.1, 0.15) is 5.54 Å². The number of rotatable bonds is 7. The molecule has 7 nitrogen and oxygen atoms in total. The molecule has 2 aromatic rings. The van der Waals surface area contributed by atoms with Gasteiger partial charge in [-0.25, -0.2) is 4.79 Å². The third-order valence-corrected chi connectivity index (χ3v) is 6.12. The van der Waals surface area contributed by atoms with E-state index >= 15 is 0 Å². The van der Waals surface area contributed by atoms with Crippen LogP contribution in [0.1, 0.15) is 54.6 Å². The lowest BCUT2D eigenvalue weighted by Gasteiger charge is -2.31. The maximum absolute atomic E-state index is 12.2. The first-order valence-electron chi connectivity index (χ1n) is 10.7. The molecule has 1 aliphatic carbocycles. The zero-order valence-electron chi connectivity index (χ0n) is 18.4. The second-order valence-electron chi connectivity index (χ2n) is 8.08. The predicted molar refractivity (Wildman–Crippen MR) is 122 cm³/mol. The van der Waals surface area contributed by atoms with E-state index < -0.39 is 24.0 Å². The fourth-order valence-corrected chi connectivity index (χ4v) is 4.15. The van der Waals surface area contributed by atoms with E-state index in [1.54, 1.807) is 6.08 Å². The number of halogens is 1. The van der Waals surface area contributed by atoms with Gasteiger partial charge in [-0.3, -0.25) is 9.48 Å². The van der Waals surface area contributed by atoms with Crippen LogP contribution in [-0.4, -0.2) is 33.8 Å². The van der Waals surface area contributed by atoms with Gasteiger partial charge in [0.05, 0.1) is 18.3 Å². The summed E-state index contributed by atoms with van der Waals surface area (Å²) in [6, 6.07) is 9.80. The molecule has 8 heteroatoms. The van der Waals surface area contributed by atoms with E-state index in [2.05, 4.69) is 16.5 Å². The summed E-state index contributed by atoms with van der Waals surface area (Å²) in [5.74, 6) is -1.09. The predicted octanol–water partition coefficient (Wildman–Crippen LogP) is 4.10. The van der Waals surface area contributed by atoms with Crippen LogP contribution in [0.3, 0.4) is 0 Å². The van der Waals surface area contributed by atoms with E-state index in [0.29, 0.717) is 24.4 Å². The summed E-state index contributed by atoms with van der Waals surface area (Å²) >= 11 is 6.25. The van der Waals surface area contributed by atoms with Crippen LogP contribution in [0.4, 0.5) is 0 Å². The normalized spacial score (nSPS) is 15.3. The molecule has 1 aromatic heterocycles. The quantitative estimate of drug-likeness (QED) is 0.501. The van der Waals surface area contributed by atoms with Gasteiger partial charge in [0.15, 0.2) is 6.61 Å². The van der Waals surface area contributed by atoms with Crippen LogP contribution in [0, 0.1) is 25.2 Å². The minimum absolute atomic E-state index is 0.420. The first-order valence-corrected chi connectivity index (χ1v) is 11.1. The Kier molecular flexibility index (Phi) is 7.70. The van der Waals surface area contributed by atoms with Gasteiger partial charge in [-0.15, -0.1) is 0 Å². The summed E-state index contributed by atoms with van der Waals surface area (Å²) in [5, 5.41) is 17.4. The Morgan fingerprint density at radius 3 is 2.69 bits per heavy atom.